The maximum atomic E-state index is 12.2. The van der Waals surface area contributed by atoms with Gasteiger partial charge in [0.2, 0.25) is 27.6 Å². The third kappa shape index (κ3) is 5.28. The third-order valence-electron chi connectivity index (χ3n) is 4.40. The Morgan fingerprint density at radius 2 is 2.00 bits per heavy atom. The number of rotatable bonds is 9. The van der Waals surface area contributed by atoms with Crippen molar-refractivity contribution in [2.75, 3.05) is 0 Å². The number of nitrogens with zero attached hydrogens (tertiary/aromatic N) is 2. The molecule has 0 bridgehead atoms. The molecule has 3 aromatic rings. The summed E-state index contributed by atoms with van der Waals surface area (Å²) in [6, 6.07) is 10.4. The molecule has 2 aromatic heterocycles. The van der Waals surface area contributed by atoms with Gasteiger partial charge < -0.3 is 9.84 Å². The van der Waals surface area contributed by atoms with Gasteiger partial charge in [-0.2, -0.15) is 4.98 Å². The number of carbonyl (C=O) groups excluding carboxylic acids is 1. The predicted molar refractivity (Wildman–Crippen MR) is 108 cm³/mol. The lowest BCUT2D eigenvalue weighted by Gasteiger charge is -2.08. The fourth-order valence-electron chi connectivity index (χ4n) is 2.65. The first kappa shape index (κ1) is 19.7. The highest BCUT2D eigenvalue weighted by molar-refractivity contribution is 7.89. The van der Waals surface area contributed by atoms with E-state index in [0.717, 1.165) is 23.3 Å². The molecule has 0 saturated heterocycles. The van der Waals surface area contributed by atoms with Gasteiger partial charge in [-0.1, -0.05) is 23.4 Å². The lowest BCUT2D eigenvalue weighted by Crippen LogP contribution is -2.26. The van der Waals surface area contributed by atoms with Gasteiger partial charge in [-0.15, -0.1) is 11.3 Å². The van der Waals surface area contributed by atoms with E-state index in [1.165, 1.54) is 11.3 Å². The molecule has 1 aliphatic rings. The Labute approximate surface area is 172 Å². The first-order valence-electron chi connectivity index (χ1n) is 9.24. The van der Waals surface area contributed by atoms with E-state index in [1.54, 1.807) is 24.3 Å². The Morgan fingerprint density at radius 3 is 2.69 bits per heavy atom. The highest BCUT2D eigenvalue weighted by atomic mass is 32.2. The summed E-state index contributed by atoms with van der Waals surface area (Å²) in [5, 5.41) is 8.67. The lowest BCUT2D eigenvalue weighted by atomic mass is 10.2. The largest absolute Gasteiger partial charge is 0.352 e. The van der Waals surface area contributed by atoms with E-state index in [4.69, 9.17) is 4.52 Å². The number of aryl methyl sites for hydroxylation is 1. The summed E-state index contributed by atoms with van der Waals surface area (Å²) in [4.78, 5) is 17.5. The highest BCUT2D eigenvalue weighted by Gasteiger charge is 2.27. The standard InChI is InChI=1S/C19H20N4O4S2/c24-17(9-10-18-21-19(22-27-18)16-2-1-11-28-16)20-12-13-3-7-15(8-4-13)29(25,26)23-14-5-6-14/h1-4,7-8,11,14,23H,5-6,9-10,12H2,(H,20,24). The molecule has 0 spiro atoms. The lowest BCUT2D eigenvalue weighted by molar-refractivity contribution is -0.121. The summed E-state index contributed by atoms with van der Waals surface area (Å²) in [5.74, 6) is 0.802. The number of carbonyl (C=O) groups is 1. The second-order valence-electron chi connectivity index (χ2n) is 6.81. The number of nitrogens with one attached hydrogen (secondary N) is 2. The maximum absolute atomic E-state index is 12.2. The molecule has 8 nitrogen and oxygen atoms in total. The first-order chi connectivity index (χ1) is 14.0. The molecule has 0 radical (unpaired) electrons. The van der Waals surface area contributed by atoms with E-state index in [1.807, 2.05) is 17.5 Å². The van der Waals surface area contributed by atoms with Gasteiger partial charge in [-0.3, -0.25) is 4.79 Å². The van der Waals surface area contributed by atoms with E-state index < -0.39 is 10.0 Å². The fraction of sp³-hybridized carbons (Fsp3) is 0.316. The Hall–Kier alpha value is -2.56. The summed E-state index contributed by atoms with van der Waals surface area (Å²) in [7, 11) is -3.46. The zero-order valence-electron chi connectivity index (χ0n) is 15.5. The minimum absolute atomic E-state index is 0.0687. The molecular weight excluding hydrogens is 412 g/mol. The van der Waals surface area contributed by atoms with Crippen LogP contribution < -0.4 is 10.0 Å². The van der Waals surface area contributed by atoms with Crippen LogP contribution in [0.2, 0.25) is 0 Å². The van der Waals surface area contributed by atoms with Crippen molar-refractivity contribution in [3.8, 4) is 10.7 Å². The number of thiophene rings is 1. The summed E-state index contributed by atoms with van der Waals surface area (Å²) >= 11 is 1.52. The summed E-state index contributed by atoms with van der Waals surface area (Å²) in [6.45, 7) is 0.319. The topological polar surface area (TPSA) is 114 Å². The molecule has 10 heteroatoms. The number of hydrogen-bond acceptors (Lipinski definition) is 7. The van der Waals surface area contributed by atoms with Crippen molar-refractivity contribution in [2.24, 2.45) is 0 Å². The van der Waals surface area contributed by atoms with Crippen LogP contribution in [0.25, 0.3) is 10.7 Å². The van der Waals surface area contributed by atoms with Crippen molar-refractivity contribution in [1.82, 2.24) is 20.2 Å². The second-order valence-corrected chi connectivity index (χ2v) is 9.47. The molecule has 1 fully saturated rings. The number of hydrogen-bond donors (Lipinski definition) is 2. The van der Waals surface area contributed by atoms with Gasteiger partial charge in [-0.25, -0.2) is 13.1 Å². The van der Waals surface area contributed by atoms with Crippen LogP contribution in [0.5, 0.6) is 0 Å². The third-order valence-corrected chi connectivity index (χ3v) is 6.80. The zero-order chi connectivity index (χ0) is 20.3. The van der Waals surface area contributed by atoms with E-state index in [2.05, 4.69) is 20.2 Å². The molecular formula is C19H20N4O4S2. The number of sulfonamides is 1. The van der Waals surface area contributed by atoms with E-state index in [9.17, 15) is 13.2 Å². The van der Waals surface area contributed by atoms with Crippen molar-refractivity contribution in [1.29, 1.82) is 0 Å². The van der Waals surface area contributed by atoms with Crippen molar-refractivity contribution in [2.45, 2.75) is 43.2 Å². The SMILES string of the molecule is O=C(CCc1nc(-c2cccs2)no1)NCc1ccc(S(=O)(=O)NC2CC2)cc1. The summed E-state index contributed by atoms with van der Waals surface area (Å²) in [6.07, 6.45) is 2.36. The van der Waals surface area contributed by atoms with Gasteiger partial charge in [0, 0.05) is 25.4 Å². The highest BCUT2D eigenvalue weighted by Crippen LogP contribution is 2.23. The van der Waals surface area contributed by atoms with Gasteiger partial charge in [0.15, 0.2) is 0 Å². The number of amides is 1. The summed E-state index contributed by atoms with van der Waals surface area (Å²) < 4.78 is 32.1. The summed E-state index contributed by atoms with van der Waals surface area (Å²) in [5.41, 5.74) is 0.821. The van der Waals surface area contributed by atoms with Crippen LogP contribution in [-0.2, 0) is 27.8 Å². The quantitative estimate of drug-likeness (QED) is 0.537. The fourth-order valence-corrected chi connectivity index (χ4v) is 4.60. The maximum Gasteiger partial charge on any atom is 0.240 e. The number of aromatic nitrogens is 2. The van der Waals surface area contributed by atoms with Crippen LogP contribution in [0.1, 0.15) is 30.7 Å². The molecule has 1 saturated carbocycles. The van der Waals surface area contributed by atoms with Gasteiger partial charge in [-0.05, 0) is 42.0 Å². The molecule has 2 heterocycles. The minimum atomic E-state index is -3.46. The smallest absolute Gasteiger partial charge is 0.240 e. The molecule has 152 valence electrons. The molecule has 2 N–H and O–H groups in total. The van der Waals surface area contributed by atoms with Gasteiger partial charge >= 0.3 is 0 Å². The average molecular weight is 433 g/mol. The Balaban J connectivity index is 1.24. The van der Waals surface area contributed by atoms with Crippen molar-refractivity contribution in [3.05, 3.63) is 53.2 Å². The first-order valence-corrected chi connectivity index (χ1v) is 11.6. The molecule has 0 aliphatic heterocycles. The van der Waals surface area contributed by atoms with Gasteiger partial charge in [0.1, 0.15) is 0 Å². The molecule has 0 unspecified atom stereocenters. The molecule has 4 rings (SSSR count). The van der Waals surface area contributed by atoms with Crippen LogP contribution in [0.4, 0.5) is 0 Å². The molecule has 1 aromatic carbocycles. The zero-order valence-corrected chi connectivity index (χ0v) is 17.1. The van der Waals surface area contributed by atoms with E-state index >= 15 is 0 Å². The Kier molecular flexibility index (Phi) is 5.74. The average Bonchev–Trinajstić information content (AvgIpc) is 3.18. The molecule has 1 aliphatic carbocycles. The van der Waals surface area contributed by atoms with Crippen LogP contribution >= 0.6 is 11.3 Å². The van der Waals surface area contributed by atoms with Crippen LogP contribution in [0.15, 0.2) is 51.2 Å². The molecule has 0 atom stereocenters. The van der Waals surface area contributed by atoms with Crippen molar-refractivity contribution in [3.63, 3.8) is 0 Å². The Bertz CT molecular complexity index is 1070. The Morgan fingerprint density at radius 1 is 1.21 bits per heavy atom. The monoisotopic (exact) mass is 432 g/mol. The molecule has 29 heavy (non-hydrogen) atoms. The van der Waals surface area contributed by atoms with E-state index in [0.29, 0.717) is 24.7 Å². The van der Waals surface area contributed by atoms with Gasteiger partial charge in [0.25, 0.3) is 0 Å². The van der Waals surface area contributed by atoms with Crippen LogP contribution in [0.3, 0.4) is 0 Å². The van der Waals surface area contributed by atoms with Crippen molar-refractivity contribution >= 4 is 27.3 Å². The van der Waals surface area contributed by atoms with Gasteiger partial charge in [0.05, 0.1) is 9.77 Å². The predicted octanol–water partition coefficient (Wildman–Crippen LogP) is 2.49. The van der Waals surface area contributed by atoms with Crippen LogP contribution in [-0.4, -0.2) is 30.5 Å². The van der Waals surface area contributed by atoms with E-state index in [-0.39, 0.29) is 23.3 Å². The normalized spacial score (nSPS) is 14.1. The van der Waals surface area contributed by atoms with Crippen LogP contribution in [0, 0.1) is 0 Å². The number of benzene rings is 1. The second kappa shape index (κ2) is 8.44. The van der Waals surface area contributed by atoms with Crippen molar-refractivity contribution < 1.29 is 17.7 Å². The minimum Gasteiger partial charge on any atom is -0.352 e. The molecule has 1 amide bonds.